The highest BCUT2D eigenvalue weighted by Gasteiger charge is 2.42. The minimum absolute atomic E-state index is 0.0213. The Morgan fingerprint density at radius 3 is 1.68 bits per heavy atom. The number of para-hydroxylation sites is 2. The van der Waals surface area contributed by atoms with Crippen LogP contribution in [0.3, 0.4) is 0 Å². The number of anilines is 5. The third-order valence-corrected chi connectivity index (χ3v) is 7.79. The highest BCUT2D eigenvalue weighted by atomic mass is 16.5. The van der Waals surface area contributed by atoms with Crippen LogP contribution in [0.2, 0.25) is 0 Å². The average Bonchev–Trinajstić information content (AvgIpc) is 2.95. The topological polar surface area (TPSA) is 15.7 Å². The van der Waals surface area contributed by atoms with Crippen LogP contribution < -0.4 is 14.5 Å². The molecule has 0 N–H and O–H groups in total. The van der Waals surface area contributed by atoms with Crippen molar-refractivity contribution in [2.24, 2.45) is 0 Å². The molecule has 0 spiro atoms. The number of hydrogen-bond acceptors (Lipinski definition) is 3. The van der Waals surface area contributed by atoms with E-state index in [0.717, 1.165) is 28.6 Å². The van der Waals surface area contributed by atoms with E-state index in [0.29, 0.717) is 0 Å². The molecule has 0 amide bonds. The van der Waals surface area contributed by atoms with E-state index >= 15 is 0 Å². The molecule has 0 radical (unpaired) electrons. The van der Waals surface area contributed by atoms with E-state index in [1.54, 1.807) is 0 Å². The zero-order valence-electron chi connectivity index (χ0n) is 23.9. The van der Waals surface area contributed by atoms with Gasteiger partial charge in [-0.2, -0.15) is 0 Å². The van der Waals surface area contributed by atoms with E-state index < -0.39 is 0 Å². The maximum Gasteiger partial charge on any atom is 0.127 e. The van der Waals surface area contributed by atoms with Gasteiger partial charge in [-0.25, -0.2) is 0 Å². The number of ether oxygens (including phenoxy) is 1. The van der Waals surface area contributed by atoms with Crippen molar-refractivity contribution < 1.29 is 4.74 Å². The summed E-state index contributed by atoms with van der Waals surface area (Å²) in [6, 6.07) is 44.7. The minimum Gasteiger partial charge on any atom is -0.457 e. The predicted molar refractivity (Wildman–Crippen MR) is 168 cm³/mol. The summed E-state index contributed by atoms with van der Waals surface area (Å²) in [6.45, 7) is 11.3. The van der Waals surface area contributed by atoms with Crippen molar-refractivity contribution in [3.8, 4) is 11.5 Å². The van der Waals surface area contributed by atoms with Crippen molar-refractivity contribution in [2.75, 3.05) is 9.80 Å². The SMILES string of the molecule is CC(C)(C)c1ccc(N(c2ccccc2)c2ccc(Oc3ccc(N4c5ccccc5C4(C)C)cc3)cc2)cc1. The largest absolute Gasteiger partial charge is 0.457 e. The van der Waals surface area contributed by atoms with Gasteiger partial charge in [0.05, 0.1) is 5.54 Å². The van der Waals surface area contributed by atoms with Crippen LogP contribution >= 0.6 is 0 Å². The van der Waals surface area contributed by atoms with E-state index in [4.69, 9.17) is 4.74 Å². The Labute approximate surface area is 238 Å². The lowest BCUT2D eigenvalue weighted by molar-refractivity contribution is 0.477. The number of benzene rings is 5. The highest BCUT2D eigenvalue weighted by molar-refractivity contribution is 5.79. The van der Waals surface area contributed by atoms with Crippen LogP contribution in [0.15, 0.2) is 127 Å². The Kier molecular flexibility index (Phi) is 6.38. The summed E-state index contributed by atoms with van der Waals surface area (Å²) in [7, 11) is 0. The molecule has 1 aliphatic rings. The van der Waals surface area contributed by atoms with Gasteiger partial charge in [-0.15, -0.1) is 0 Å². The summed E-state index contributed by atoms with van der Waals surface area (Å²) >= 11 is 0. The first-order chi connectivity index (χ1) is 19.2. The van der Waals surface area contributed by atoms with Crippen LogP contribution in [0.25, 0.3) is 0 Å². The molecule has 0 bridgehead atoms. The quantitative estimate of drug-likeness (QED) is 0.220. The lowest BCUT2D eigenvalue weighted by Gasteiger charge is -2.51. The second-order valence-electron chi connectivity index (χ2n) is 12.0. The van der Waals surface area contributed by atoms with Crippen LogP contribution in [0.4, 0.5) is 28.4 Å². The molecule has 3 heteroatoms. The number of nitrogens with zero attached hydrogens (tertiary/aromatic N) is 2. The Balaban J connectivity index is 1.22. The van der Waals surface area contributed by atoms with Crippen molar-refractivity contribution in [2.45, 2.75) is 45.6 Å². The summed E-state index contributed by atoms with van der Waals surface area (Å²) in [5.41, 5.74) is 8.55. The van der Waals surface area contributed by atoms with Gasteiger partial charge in [0, 0.05) is 34.0 Å². The first-order valence-electron chi connectivity index (χ1n) is 14.0. The Hall–Kier alpha value is -4.50. The lowest BCUT2D eigenvalue weighted by Crippen LogP contribution is -2.47. The van der Waals surface area contributed by atoms with Crippen molar-refractivity contribution in [1.82, 2.24) is 0 Å². The molecule has 0 atom stereocenters. The third-order valence-electron chi connectivity index (χ3n) is 7.79. The van der Waals surface area contributed by atoms with E-state index in [1.807, 2.05) is 30.3 Å². The highest BCUT2D eigenvalue weighted by Crippen LogP contribution is 2.52. The zero-order valence-corrected chi connectivity index (χ0v) is 23.9. The molecule has 0 unspecified atom stereocenters. The van der Waals surface area contributed by atoms with E-state index in [1.165, 1.54) is 22.5 Å². The lowest BCUT2D eigenvalue weighted by atomic mass is 9.81. The predicted octanol–water partition coefficient (Wildman–Crippen LogP) is 10.6. The van der Waals surface area contributed by atoms with Crippen LogP contribution in [0, 0.1) is 0 Å². The minimum atomic E-state index is -0.0213. The van der Waals surface area contributed by atoms with Crippen LogP contribution in [0.1, 0.15) is 45.7 Å². The van der Waals surface area contributed by atoms with Crippen molar-refractivity contribution in [1.29, 1.82) is 0 Å². The van der Waals surface area contributed by atoms with Crippen molar-refractivity contribution >= 4 is 28.4 Å². The van der Waals surface area contributed by atoms with Crippen molar-refractivity contribution in [3.05, 3.63) is 139 Å². The molecular weight excluding hydrogens is 488 g/mol. The molecule has 40 heavy (non-hydrogen) atoms. The van der Waals surface area contributed by atoms with Gasteiger partial charge in [0.2, 0.25) is 0 Å². The van der Waals surface area contributed by atoms with E-state index in [-0.39, 0.29) is 11.0 Å². The number of fused-ring (bicyclic) bond motifs is 1. The van der Waals surface area contributed by atoms with Gasteiger partial charge in [0.25, 0.3) is 0 Å². The molecule has 1 heterocycles. The molecule has 0 aromatic heterocycles. The van der Waals surface area contributed by atoms with E-state index in [2.05, 4.69) is 141 Å². The Morgan fingerprint density at radius 1 is 0.575 bits per heavy atom. The van der Waals surface area contributed by atoms with Crippen LogP contribution in [-0.2, 0) is 11.0 Å². The third kappa shape index (κ3) is 4.73. The molecule has 5 aromatic rings. The average molecular weight is 525 g/mol. The Morgan fingerprint density at radius 2 is 1.07 bits per heavy atom. The normalized spacial score (nSPS) is 13.8. The fraction of sp³-hybridized carbons (Fsp3) is 0.189. The first-order valence-corrected chi connectivity index (χ1v) is 14.0. The van der Waals surface area contributed by atoms with Gasteiger partial charge in [0.15, 0.2) is 0 Å². The number of hydrogen-bond donors (Lipinski definition) is 0. The van der Waals surface area contributed by atoms with Gasteiger partial charge < -0.3 is 14.5 Å². The van der Waals surface area contributed by atoms with Gasteiger partial charge >= 0.3 is 0 Å². The second kappa shape index (κ2) is 9.91. The van der Waals surface area contributed by atoms with Crippen molar-refractivity contribution in [3.63, 3.8) is 0 Å². The van der Waals surface area contributed by atoms with Crippen LogP contribution in [0.5, 0.6) is 11.5 Å². The Bertz CT molecular complexity index is 1600. The molecule has 5 aromatic carbocycles. The summed E-state index contributed by atoms with van der Waals surface area (Å²) in [6.07, 6.45) is 0. The molecule has 3 nitrogen and oxygen atoms in total. The molecule has 0 fully saturated rings. The second-order valence-corrected chi connectivity index (χ2v) is 12.0. The maximum atomic E-state index is 6.25. The molecule has 6 rings (SSSR count). The molecule has 200 valence electrons. The fourth-order valence-corrected chi connectivity index (χ4v) is 5.61. The summed E-state index contributed by atoms with van der Waals surface area (Å²) < 4.78 is 6.25. The van der Waals surface area contributed by atoms with Crippen LogP contribution in [-0.4, -0.2) is 0 Å². The van der Waals surface area contributed by atoms with Gasteiger partial charge in [-0.1, -0.05) is 69.3 Å². The summed E-state index contributed by atoms with van der Waals surface area (Å²) in [5.74, 6) is 1.63. The van der Waals surface area contributed by atoms with Gasteiger partial charge in [-0.05, 0) is 104 Å². The first kappa shape index (κ1) is 25.8. The standard InChI is InChI=1S/C37H36N2O/c1-36(2,3)27-15-17-29(18-16-27)38(28-11-7-6-8-12-28)30-19-23-32(24-20-30)40-33-25-21-31(22-26-33)39-35-14-10-9-13-34(35)37(39,4)5/h6-26H,1-5H3. The molecular formula is C37H36N2O. The zero-order chi connectivity index (χ0) is 27.9. The summed E-state index contributed by atoms with van der Waals surface area (Å²) in [5, 5.41) is 0. The smallest absolute Gasteiger partial charge is 0.127 e. The molecule has 0 saturated heterocycles. The van der Waals surface area contributed by atoms with Gasteiger partial charge in [0.1, 0.15) is 11.5 Å². The monoisotopic (exact) mass is 524 g/mol. The number of rotatable bonds is 6. The molecule has 0 saturated carbocycles. The molecule has 0 aliphatic carbocycles. The fourth-order valence-electron chi connectivity index (χ4n) is 5.61. The maximum absolute atomic E-state index is 6.25. The van der Waals surface area contributed by atoms with E-state index in [9.17, 15) is 0 Å². The summed E-state index contributed by atoms with van der Waals surface area (Å²) in [4.78, 5) is 4.66. The molecule has 1 aliphatic heterocycles. The van der Waals surface area contributed by atoms with Gasteiger partial charge in [-0.3, -0.25) is 0 Å².